The fraction of sp³-hybridized carbons (Fsp3) is 0.611. The van der Waals surface area contributed by atoms with Crippen molar-refractivity contribution in [2.45, 2.75) is 63.7 Å². The highest BCUT2D eigenvalue weighted by Gasteiger charge is 2.39. The summed E-state index contributed by atoms with van der Waals surface area (Å²) >= 11 is 1.83. The second-order valence-electron chi connectivity index (χ2n) is 7.40. The molecule has 1 aliphatic carbocycles. The molecule has 0 radical (unpaired) electrons. The largest absolute Gasteiger partial charge is 0.347 e. The minimum atomic E-state index is -0.355. The lowest BCUT2D eigenvalue weighted by Gasteiger charge is -2.33. The van der Waals surface area contributed by atoms with E-state index < -0.39 is 0 Å². The van der Waals surface area contributed by atoms with E-state index in [-0.39, 0.29) is 15.4 Å². The van der Waals surface area contributed by atoms with Crippen LogP contribution >= 0.6 is 11.8 Å². The molecule has 3 rings (SSSR count). The number of benzene rings is 1. The van der Waals surface area contributed by atoms with Crippen molar-refractivity contribution in [1.82, 2.24) is 4.90 Å². The van der Waals surface area contributed by atoms with Gasteiger partial charge in [0.25, 0.3) is 5.69 Å². The molecular weight excluding hydrogens is 322 g/mol. The maximum absolute atomic E-state index is 10.9. The van der Waals surface area contributed by atoms with Crippen molar-refractivity contribution in [3.63, 3.8) is 0 Å². The normalized spacial score (nSPS) is 23.0. The van der Waals surface area contributed by atoms with Crippen LogP contribution in [-0.2, 0) is 0 Å². The van der Waals surface area contributed by atoms with E-state index in [1.165, 1.54) is 32.1 Å². The van der Waals surface area contributed by atoms with Crippen molar-refractivity contribution in [3.8, 4) is 0 Å². The molecule has 130 valence electrons. The predicted octanol–water partition coefficient (Wildman–Crippen LogP) is 5.05. The quantitative estimate of drug-likeness (QED) is 0.567. The van der Waals surface area contributed by atoms with Crippen molar-refractivity contribution < 1.29 is 4.92 Å². The first-order chi connectivity index (χ1) is 11.4. The number of nitro groups is 1. The molecule has 1 saturated carbocycles. The van der Waals surface area contributed by atoms with Crippen molar-refractivity contribution in [2.24, 2.45) is 4.99 Å². The van der Waals surface area contributed by atoms with Crippen molar-refractivity contribution in [2.75, 3.05) is 6.54 Å². The molecule has 1 aromatic rings. The van der Waals surface area contributed by atoms with Crippen LogP contribution in [0.2, 0.25) is 0 Å². The Morgan fingerprint density at radius 1 is 1.29 bits per heavy atom. The standard InChI is InChI=1S/C18H25N3O2S/c1-13-11-15(21(22)23)9-10-16(13)19-17-20(12-18(2,3)24-17)14-7-5-4-6-8-14/h9-11,14H,4-8,12H2,1-3H3. The summed E-state index contributed by atoms with van der Waals surface area (Å²) in [5, 5.41) is 12.0. The zero-order valence-corrected chi connectivity index (χ0v) is 15.4. The maximum atomic E-state index is 10.9. The van der Waals surface area contributed by atoms with E-state index in [0.29, 0.717) is 6.04 Å². The molecular formula is C18H25N3O2S. The topological polar surface area (TPSA) is 58.7 Å². The Labute approximate surface area is 147 Å². The molecule has 1 aliphatic heterocycles. The van der Waals surface area contributed by atoms with Crippen LogP contribution in [0.25, 0.3) is 0 Å². The minimum absolute atomic E-state index is 0.125. The molecule has 2 fully saturated rings. The molecule has 0 aromatic heterocycles. The van der Waals surface area contributed by atoms with Crippen LogP contribution in [0, 0.1) is 17.0 Å². The van der Waals surface area contributed by atoms with Gasteiger partial charge in [0.05, 0.1) is 10.6 Å². The Hall–Kier alpha value is -1.56. The predicted molar refractivity (Wildman–Crippen MR) is 100 cm³/mol. The number of rotatable bonds is 3. The molecule has 0 N–H and O–H groups in total. The van der Waals surface area contributed by atoms with E-state index in [2.05, 4.69) is 18.7 Å². The van der Waals surface area contributed by atoms with Crippen LogP contribution in [0.15, 0.2) is 23.2 Å². The van der Waals surface area contributed by atoms with E-state index in [1.807, 2.05) is 18.7 Å². The molecule has 5 nitrogen and oxygen atoms in total. The van der Waals surface area contributed by atoms with Crippen LogP contribution in [-0.4, -0.2) is 32.3 Å². The first kappa shape index (κ1) is 17.3. The van der Waals surface area contributed by atoms with Crippen LogP contribution in [0.1, 0.15) is 51.5 Å². The lowest BCUT2D eigenvalue weighted by Crippen LogP contribution is -2.39. The SMILES string of the molecule is Cc1cc([N+](=O)[O-])ccc1N=C1SC(C)(C)CN1C1CCCCC1. The molecule has 0 atom stereocenters. The zero-order valence-electron chi connectivity index (χ0n) is 14.6. The highest BCUT2D eigenvalue weighted by atomic mass is 32.2. The van der Waals surface area contributed by atoms with Gasteiger partial charge in [0, 0.05) is 29.5 Å². The van der Waals surface area contributed by atoms with Crippen LogP contribution in [0.4, 0.5) is 11.4 Å². The smallest absolute Gasteiger partial charge is 0.269 e. The fourth-order valence-corrected chi connectivity index (χ4v) is 4.74. The van der Waals surface area contributed by atoms with E-state index >= 15 is 0 Å². The zero-order chi connectivity index (χ0) is 17.3. The number of aliphatic imine (C=N–C) groups is 1. The van der Waals surface area contributed by atoms with Crippen molar-refractivity contribution in [1.29, 1.82) is 0 Å². The summed E-state index contributed by atoms with van der Waals surface area (Å²) in [5.74, 6) is 0. The van der Waals surface area contributed by atoms with Gasteiger partial charge in [0.1, 0.15) is 0 Å². The van der Waals surface area contributed by atoms with Gasteiger partial charge in [0.15, 0.2) is 5.17 Å². The molecule has 0 unspecified atom stereocenters. The third-order valence-corrected chi connectivity index (χ3v) is 5.98. The molecule has 6 heteroatoms. The minimum Gasteiger partial charge on any atom is -0.347 e. The third-order valence-electron chi connectivity index (χ3n) is 4.79. The van der Waals surface area contributed by atoms with Gasteiger partial charge in [-0.2, -0.15) is 0 Å². The van der Waals surface area contributed by atoms with Crippen LogP contribution in [0.3, 0.4) is 0 Å². The van der Waals surface area contributed by atoms with Gasteiger partial charge in [-0.3, -0.25) is 10.1 Å². The summed E-state index contributed by atoms with van der Waals surface area (Å²) in [6, 6.07) is 5.51. The van der Waals surface area contributed by atoms with Gasteiger partial charge in [-0.1, -0.05) is 31.0 Å². The molecule has 1 aromatic carbocycles. The Morgan fingerprint density at radius 3 is 2.62 bits per heavy atom. The van der Waals surface area contributed by atoms with E-state index in [4.69, 9.17) is 4.99 Å². The number of non-ortho nitro benzene ring substituents is 1. The summed E-state index contributed by atoms with van der Waals surface area (Å²) < 4.78 is 0.158. The number of amidine groups is 1. The Kier molecular flexibility index (Phi) is 4.85. The van der Waals surface area contributed by atoms with Gasteiger partial charge in [-0.15, -0.1) is 0 Å². The highest BCUT2D eigenvalue weighted by Crippen LogP contribution is 2.40. The van der Waals surface area contributed by atoms with Crippen LogP contribution < -0.4 is 0 Å². The Bertz CT molecular complexity index is 666. The monoisotopic (exact) mass is 347 g/mol. The molecule has 1 heterocycles. The fourth-order valence-electron chi connectivity index (χ4n) is 3.56. The first-order valence-corrected chi connectivity index (χ1v) is 9.47. The van der Waals surface area contributed by atoms with Gasteiger partial charge in [0.2, 0.25) is 0 Å². The second kappa shape index (κ2) is 6.75. The van der Waals surface area contributed by atoms with Gasteiger partial charge >= 0.3 is 0 Å². The Morgan fingerprint density at radius 2 is 2.00 bits per heavy atom. The first-order valence-electron chi connectivity index (χ1n) is 8.65. The Balaban J connectivity index is 1.89. The summed E-state index contributed by atoms with van der Waals surface area (Å²) in [6.45, 7) is 7.44. The summed E-state index contributed by atoms with van der Waals surface area (Å²) in [7, 11) is 0. The second-order valence-corrected chi connectivity index (χ2v) is 9.08. The van der Waals surface area contributed by atoms with Gasteiger partial charge in [-0.05, 0) is 45.2 Å². The number of thioether (sulfide) groups is 1. The molecule has 0 amide bonds. The average molecular weight is 347 g/mol. The molecule has 1 saturated heterocycles. The van der Waals surface area contributed by atoms with Crippen LogP contribution in [0.5, 0.6) is 0 Å². The third kappa shape index (κ3) is 3.74. The number of hydrogen-bond acceptors (Lipinski definition) is 4. The summed E-state index contributed by atoms with van der Waals surface area (Å²) in [6.07, 6.45) is 6.44. The molecule has 0 bridgehead atoms. The summed E-state index contributed by atoms with van der Waals surface area (Å²) in [4.78, 5) is 17.9. The lowest BCUT2D eigenvalue weighted by atomic mass is 9.94. The molecule has 0 spiro atoms. The van der Waals surface area contributed by atoms with Crippen molar-refractivity contribution in [3.05, 3.63) is 33.9 Å². The maximum Gasteiger partial charge on any atom is 0.269 e. The van der Waals surface area contributed by atoms with Gasteiger partial charge in [-0.25, -0.2) is 4.99 Å². The molecule has 24 heavy (non-hydrogen) atoms. The van der Waals surface area contributed by atoms with E-state index in [9.17, 15) is 10.1 Å². The van der Waals surface area contributed by atoms with Gasteiger partial charge < -0.3 is 4.90 Å². The molecule has 2 aliphatic rings. The number of hydrogen-bond donors (Lipinski definition) is 0. The van der Waals surface area contributed by atoms with E-state index in [1.54, 1.807) is 18.2 Å². The highest BCUT2D eigenvalue weighted by molar-refractivity contribution is 8.15. The number of aryl methyl sites for hydroxylation is 1. The van der Waals surface area contributed by atoms with E-state index in [0.717, 1.165) is 23.0 Å². The number of nitrogens with zero attached hydrogens (tertiary/aromatic N) is 3. The number of nitro benzene ring substituents is 1. The lowest BCUT2D eigenvalue weighted by molar-refractivity contribution is -0.384. The average Bonchev–Trinajstić information content (AvgIpc) is 2.84. The summed E-state index contributed by atoms with van der Waals surface area (Å²) in [5.41, 5.74) is 1.81. The van der Waals surface area contributed by atoms with Crippen molar-refractivity contribution >= 4 is 28.3 Å².